The van der Waals surface area contributed by atoms with Gasteiger partial charge in [0.1, 0.15) is 18.7 Å². The van der Waals surface area contributed by atoms with Gasteiger partial charge in [-0.25, -0.2) is 15.0 Å². The number of hydrogen-bond acceptors (Lipinski definition) is 8. The van der Waals surface area contributed by atoms with Gasteiger partial charge in [0.05, 0.1) is 5.39 Å². The van der Waals surface area contributed by atoms with Crippen LogP contribution in [0.25, 0.3) is 11.0 Å². The number of pyridine rings is 2. The SMILES string of the molecule is Cc1ccnc2ncn(Cc3nc(C4[C@H]5CN(c6cc(Cl)ccn6)C[C@@H]45)no3)c(=O)c12. The Morgan fingerprint density at radius 1 is 1.16 bits per heavy atom. The van der Waals surface area contributed by atoms with E-state index in [1.807, 2.05) is 13.0 Å². The third-order valence-corrected chi connectivity index (χ3v) is 6.48. The third kappa shape index (κ3) is 3.07. The zero-order valence-corrected chi connectivity index (χ0v) is 17.4. The number of anilines is 1. The maximum absolute atomic E-state index is 12.8. The first-order chi connectivity index (χ1) is 15.1. The lowest BCUT2D eigenvalue weighted by atomic mass is 10.2. The molecule has 0 radical (unpaired) electrons. The molecule has 2 aliphatic rings. The Labute approximate surface area is 181 Å². The van der Waals surface area contributed by atoms with E-state index in [-0.39, 0.29) is 18.0 Å². The van der Waals surface area contributed by atoms with E-state index >= 15 is 0 Å². The van der Waals surface area contributed by atoms with E-state index in [4.69, 9.17) is 16.1 Å². The van der Waals surface area contributed by atoms with Crippen LogP contribution in [0.2, 0.25) is 5.02 Å². The summed E-state index contributed by atoms with van der Waals surface area (Å²) in [6.07, 6.45) is 4.85. The fourth-order valence-electron chi connectivity index (χ4n) is 4.62. The molecule has 1 unspecified atom stereocenters. The minimum absolute atomic E-state index is 0.164. The molecule has 1 aliphatic carbocycles. The van der Waals surface area contributed by atoms with Crippen LogP contribution in [0.5, 0.6) is 0 Å². The molecule has 0 bridgehead atoms. The van der Waals surface area contributed by atoms with Gasteiger partial charge in [0.2, 0.25) is 5.89 Å². The largest absolute Gasteiger partial charge is 0.356 e. The summed E-state index contributed by atoms with van der Waals surface area (Å²) in [6, 6.07) is 5.47. The Morgan fingerprint density at radius 3 is 2.77 bits per heavy atom. The van der Waals surface area contributed by atoms with E-state index in [1.54, 1.807) is 24.5 Å². The van der Waals surface area contributed by atoms with Gasteiger partial charge in [-0.05, 0) is 42.5 Å². The van der Waals surface area contributed by atoms with Gasteiger partial charge >= 0.3 is 0 Å². The molecule has 1 saturated carbocycles. The Hall–Kier alpha value is -3.33. The van der Waals surface area contributed by atoms with Crippen molar-refractivity contribution in [2.75, 3.05) is 18.0 Å². The molecule has 31 heavy (non-hydrogen) atoms. The van der Waals surface area contributed by atoms with Crippen LogP contribution in [-0.4, -0.2) is 42.7 Å². The van der Waals surface area contributed by atoms with Gasteiger partial charge in [-0.1, -0.05) is 16.8 Å². The van der Waals surface area contributed by atoms with E-state index in [1.165, 1.54) is 10.9 Å². The van der Waals surface area contributed by atoms with Crippen LogP contribution >= 0.6 is 11.6 Å². The molecule has 156 valence electrons. The van der Waals surface area contributed by atoms with Gasteiger partial charge < -0.3 is 9.42 Å². The van der Waals surface area contributed by atoms with Gasteiger partial charge in [0.25, 0.3) is 5.56 Å². The number of piperidine rings is 1. The van der Waals surface area contributed by atoms with Crippen molar-refractivity contribution in [3.63, 3.8) is 0 Å². The van der Waals surface area contributed by atoms with Crippen LogP contribution in [0.3, 0.4) is 0 Å². The molecule has 0 amide bonds. The van der Waals surface area contributed by atoms with E-state index in [0.29, 0.717) is 39.6 Å². The minimum Gasteiger partial charge on any atom is -0.356 e. The molecular weight excluding hydrogens is 418 g/mol. The highest BCUT2D eigenvalue weighted by Gasteiger charge is 2.58. The van der Waals surface area contributed by atoms with Crippen molar-refractivity contribution in [3.05, 3.63) is 69.6 Å². The molecule has 1 aliphatic heterocycles. The molecular formula is C21H18ClN7O2. The lowest BCUT2D eigenvalue weighted by Gasteiger charge is -2.20. The van der Waals surface area contributed by atoms with Crippen molar-refractivity contribution in [1.29, 1.82) is 0 Å². The van der Waals surface area contributed by atoms with Gasteiger partial charge in [-0.3, -0.25) is 9.36 Å². The molecule has 4 aromatic heterocycles. The van der Waals surface area contributed by atoms with E-state index in [2.05, 4.69) is 30.0 Å². The fraction of sp³-hybridized carbons (Fsp3) is 0.333. The summed E-state index contributed by atoms with van der Waals surface area (Å²) < 4.78 is 6.93. The first kappa shape index (κ1) is 18.4. The van der Waals surface area contributed by atoms with Crippen molar-refractivity contribution >= 4 is 28.5 Å². The summed E-state index contributed by atoms with van der Waals surface area (Å²) in [5, 5.41) is 5.39. The number of aromatic nitrogens is 6. The van der Waals surface area contributed by atoms with Crippen LogP contribution in [-0.2, 0) is 6.54 Å². The lowest BCUT2D eigenvalue weighted by molar-refractivity contribution is 0.363. The Kier molecular flexibility index (Phi) is 4.07. The zero-order chi connectivity index (χ0) is 21.1. The van der Waals surface area contributed by atoms with Crippen molar-refractivity contribution in [2.45, 2.75) is 19.4 Å². The summed E-state index contributed by atoms with van der Waals surface area (Å²) in [4.78, 5) is 32.5. The van der Waals surface area contributed by atoms with E-state index in [0.717, 1.165) is 24.5 Å². The highest BCUT2D eigenvalue weighted by atomic mass is 35.5. The quantitative estimate of drug-likeness (QED) is 0.481. The highest BCUT2D eigenvalue weighted by Crippen LogP contribution is 2.57. The normalized spacial score (nSPS) is 22.1. The monoisotopic (exact) mass is 435 g/mol. The Morgan fingerprint density at radius 2 is 1.97 bits per heavy atom. The summed E-state index contributed by atoms with van der Waals surface area (Å²) in [5.74, 6) is 3.25. The van der Waals surface area contributed by atoms with Gasteiger partial charge in [-0.2, -0.15) is 4.98 Å². The minimum atomic E-state index is -0.164. The first-order valence-electron chi connectivity index (χ1n) is 10.1. The average Bonchev–Trinajstić information content (AvgIpc) is 3.09. The summed E-state index contributed by atoms with van der Waals surface area (Å²) in [5.41, 5.74) is 1.12. The number of rotatable bonds is 4. The predicted molar refractivity (Wildman–Crippen MR) is 113 cm³/mol. The summed E-state index contributed by atoms with van der Waals surface area (Å²) in [7, 11) is 0. The molecule has 5 heterocycles. The molecule has 4 aromatic rings. The molecule has 6 rings (SSSR count). The molecule has 9 nitrogen and oxygen atoms in total. The number of fused-ring (bicyclic) bond motifs is 2. The second-order valence-corrected chi connectivity index (χ2v) is 8.58. The third-order valence-electron chi connectivity index (χ3n) is 6.25. The van der Waals surface area contributed by atoms with Crippen LogP contribution in [0.1, 0.15) is 23.2 Å². The second kappa shape index (κ2) is 6.84. The Balaban J connectivity index is 1.18. The number of halogens is 1. The maximum Gasteiger partial charge on any atom is 0.263 e. The number of hydrogen-bond donors (Lipinski definition) is 0. The van der Waals surface area contributed by atoms with Crippen molar-refractivity contribution in [2.24, 2.45) is 11.8 Å². The van der Waals surface area contributed by atoms with Crippen LogP contribution in [0, 0.1) is 18.8 Å². The second-order valence-electron chi connectivity index (χ2n) is 8.14. The van der Waals surface area contributed by atoms with E-state index in [9.17, 15) is 4.79 Å². The van der Waals surface area contributed by atoms with Crippen LogP contribution in [0.4, 0.5) is 5.82 Å². The van der Waals surface area contributed by atoms with Crippen molar-refractivity contribution < 1.29 is 4.52 Å². The maximum atomic E-state index is 12.8. The van der Waals surface area contributed by atoms with Gasteiger partial charge in [-0.15, -0.1) is 0 Å². The fourth-order valence-corrected chi connectivity index (χ4v) is 4.77. The average molecular weight is 436 g/mol. The molecule has 0 aromatic carbocycles. The number of nitrogens with zero attached hydrogens (tertiary/aromatic N) is 7. The standard InChI is InChI=1S/C21H18ClN7O2/c1-11-2-4-24-19-17(11)21(30)29(10-25-19)9-16-26-20(27-31-16)18-13-7-28(8-14(13)18)15-6-12(22)3-5-23-15/h2-6,10,13-14,18H,7-9H2,1H3/t13-,14+,18?. The lowest BCUT2D eigenvalue weighted by Crippen LogP contribution is -2.24. The van der Waals surface area contributed by atoms with Crippen molar-refractivity contribution in [1.82, 2.24) is 29.7 Å². The summed E-state index contributed by atoms with van der Waals surface area (Å²) >= 11 is 6.09. The molecule has 3 atom stereocenters. The molecule has 2 fully saturated rings. The first-order valence-corrected chi connectivity index (χ1v) is 10.5. The molecule has 0 spiro atoms. The Bertz CT molecular complexity index is 1360. The topological polar surface area (TPSA) is 103 Å². The zero-order valence-electron chi connectivity index (χ0n) is 16.6. The summed E-state index contributed by atoms with van der Waals surface area (Å²) in [6.45, 7) is 3.85. The van der Waals surface area contributed by atoms with E-state index < -0.39 is 0 Å². The smallest absolute Gasteiger partial charge is 0.263 e. The highest BCUT2D eigenvalue weighted by molar-refractivity contribution is 6.30. The molecule has 10 heteroatoms. The van der Waals surface area contributed by atoms with Crippen LogP contribution in [0.15, 0.2) is 46.2 Å². The van der Waals surface area contributed by atoms with Crippen LogP contribution < -0.4 is 10.5 Å². The molecule has 0 N–H and O–H groups in total. The molecule has 1 saturated heterocycles. The predicted octanol–water partition coefficient (Wildman–Crippen LogP) is 2.43. The van der Waals surface area contributed by atoms with Gasteiger partial charge in [0.15, 0.2) is 11.5 Å². The van der Waals surface area contributed by atoms with Crippen molar-refractivity contribution in [3.8, 4) is 0 Å². The van der Waals surface area contributed by atoms with Gasteiger partial charge in [0, 0.05) is 36.4 Å². The number of aryl methyl sites for hydroxylation is 1.